The molecular weight excluding hydrogens is 303 g/mol. The van der Waals surface area contributed by atoms with Gasteiger partial charge in [0.25, 0.3) is 0 Å². The van der Waals surface area contributed by atoms with Crippen molar-refractivity contribution in [2.75, 3.05) is 0 Å². The molecule has 1 fully saturated rings. The molecule has 1 atom stereocenters. The quantitative estimate of drug-likeness (QED) is 0.634. The van der Waals surface area contributed by atoms with Gasteiger partial charge in [-0.3, -0.25) is 0 Å². The Balaban J connectivity index is 2.07. The molecule has 4 heteroatoms. The molecule has 1 aliphatic rings. The second-order valence-corrected chi connectivity index (χ2v) is 6.74. The highest BCUT2D eigenvalue weighted by Gasteiger charge is 2.26. The van der Waals surface area contributed by atoms with Crippen molar-refractivity contribution in [2.45, 2.75) is 57.4 Å². The number of nitrogens with zero attached hydrogens (tertiary/aromatic N) is 2. The van der Waals surface area contributed by atoms with Crippen LogP contribution in [0.4, 0.5) is 0 Å². The molecule has 114 valence electrons. The first kappa shape index (κ1) is 15.2. The standard InChI is InChI=1S/C17H22Cl2N2/c1-2-15(12-6-4-3-5-7-12)21-16-9-8-13(19)10-14(16)20-17(21)11-18/h8-10,12,15H,2-7,11H2,1H3. The van der Waals surface area contributed by atoms with Gasteiger partial charge in [0.05, 0.1) is 16.9 Å². The van der Waals surface area contributed by atoms with E-state index in [9.17, 15) is 0 Å². The maximum atomic E-state index is 6.17. The lowest BCUT2D eigenvalue weighted by Crippen LogP contribution is -2.22. The average Bonchev–Trinajstić information content (AvgIpc) is 2.87. The van der Waals surface area contributed by atoms with E-state index in [1.807, 2.05) is 12.1 Å². The SMILES string of the molecule is CCC(C1CCCCC1)n1c(CCl)nc2cc(Cl)ccc21. The van der Waals surface area contributed by atoms with E-state index in [1.54, 1.807) is 0 Å². The molecule has 1 aromatic heterocycles. The van der Waals surface area contributed by atoms with Gasteiger partial charge in [-0.25, -0.2) is 4.98 Å². The Hall–Kier alpha value is -0.730. The van der Waals surface area contributed by atoms with Crippen LogP contribution in [0.25, 0.3) is 11.0 Å². The molecule has 3 rings (SSSR count). The Morgan fingerprint density at radius 1 is 1.29 bits per heavy atom. The average molecular weight is 325 g/mol. The molecule has 2 nitrogen and oxygen atoms in total. The molecule has 0 saturated heterocycles. The van der Waals surface area contributed by atoms with E-state index in [2.05, 4.69) is 17.6 Å². The van der Waals surface area contributed by atoms with E-state index in [4.69, 9.17) is 28.2 Å². The van der Waals surface area contributed by atoms with Crippen molar-refractivity contribution in [1.29, 1.82) is 0 Å². The molecule has 2 aromatic rings. The van der Waals surface area contributed by atoms with E-state index >= 15 is 0 Å². The van der Waals surface area contributed by atoms with Crippen molar-refractivity contribution in [3.8, 4) is 0 Å². The van der Waals surface area contributed by atoms with Crippen molar-refractivity contribution < 1.29 is 0 Å². The van der Waals surface area contributed by atoms with E-state index in [0.29, 0.717) is 11.9 Å². The van der Waals surface area contributed by atoms with E-state index in [0.717, 1.165) is 28.7 Å². The largest absolute Gasteiger partial charge is 0.324 e. The number of hydrogen-bond acceptors (Lipinski definition) is 1. The third-order valence-corrected chi connectivity index (χ3v) is 5.26. The van der Waals surface area contributed by atoms with Crippen LogP contribution in [0, 0.1) is 5.92 Å². The second kappa shape index (κ2) is 6.58. The molecule has 1 saturated carbocycles. The zero-order valence-corrected chi connectivity index (χ0v) is 14.0. The predicted molar refractivity (Wildman–Crippen MR) is 90.2 cm³/mol. The Morgan fingerprint density at radius 3 is 2.71 bits per heavy atom. The van der Waals surface area contributed by atoms with E-state index in [-0.39, 0.29) is 0 Å². The molecule has 0 spiro atoms. The highest BCUT2D eigenvalue weighted by atomic mass is 35.5. The number of hydrogen-bond donors (Lipinski definition) is 0. The zero-order valence-electron chi connectivity index (χ0n) is 12.5. The van der Waals surface area contributed by atoms with Crippen molar-refractivity contribution in [3.63, 3.8) is 0 Å². The van der Waals surface area contributed by atoms with Crippen LogP contribution in [-0.2, 0) is 5.88 Å². The summed E-state index contributed by atoms with van der Waals surface area (Å²) in [5.41, 5.74) is 2.14. The van der Waals surface area contributed by atoms with Crippen LogP contribution in [0.2, 0.25) is 5.02 Å². The Labute approximate surface area is 136 Å². The van der Waals surface area contributed by atoms with Gasteiger partial charge in [0, 0.05) is 11.1 Å². The molecule has 0 N–H and O–H groups in total. The van der Waals surface area contributed by atoms with Crippen LogP contribution < -0.4 is 0 Å². The fourth-order valence-electron chi connectivity index (χ4n) is 3.83. The molecule has 21 heavy (non-hydrogen) atoms. The molecule has 1 heterocycles. The maximum absolute atomic E-state index is 6.17. The summed E-state index contributed by atoms with van der Waals surface area (Å²) in [6.45, 7) is 2.28. The van der Waals surface area contributed by atoms with Gasteiger partial charge < -0.3 is 4.57 Å². The molecule has 0 amide bonds. The third kappa shape index (κ3) is 2.93. The highest BCUT2D eigenvalue weighted by molar-refractivity contribution is 6.31. The Morgan fingerprint density at radius 2 is 2.05 bits per heavy atom. The van der Waals surface area contributed by atoms with Gasteiger partial charge in [-0.1, -0.05) is 37.8 Å². The molecule has 1 aliphatic carbocycles. The van der Waals surface area contributed by atoms with Crippen LogP contribution >= 0.6 is 23.2 Å². The first-order valence-corrected chi connectivity index (χ1v) is 8.88. The summed E-state index contributed by atoms with van der Waals surface area (Å²) in [5.74, 6) is 2.18. The third-order valence-electron chi connectivity index (χ3n) is 4.79. The zero-order chi connectivity index (χ0) is 14.8. The van der Waals surface area contributed by atoms with E-state index in [1.165, 1.54) is 37.6 Å². The number of alkyl halides is 1. The number of aromatic nitrogens is 2. The number of halogens is 2. The number of imidazole rings is 1. The smallest absolute Gasteiger partial charge is 0.125 e. The van der Waals surface area contributed by atoms with Gasteiger partial charge in [0.15, 0.2) is 0 Å². The minimum Gasteiger partial charge on any atom is -0.324 e. The molecule has 1 unspecified atom stereocenters. The molecule has 1 aromatic carbocycles. The Bertz CT molecular complexity index is 615. The summed E-state index contributed by atoms with van der Waals surface area (Å²) in [6.07, 6.45) is 7.88. The van der Waals surface area contributed by atoms with Crippen LogP contribution in [0.3, 0.4) is 0 Å². The van der Waals surface area contributed by atoms with Crippen molar-refractivity contribution in [3.05, 3.63) is 29.0 Å². The van der Waals surface area contributed by atoms with Gasteiger partial charge in [-0.2, -0.15) is 0 Å². The van der Waals surface area contributed by atoms with Gasteiger partial charge in [0.1, 0.15) is 5.82 Å². The molecule has 0 bridgehead atoms. The summed E-state index contributed by atoms with van der Waals surface area (Å²) >= 11 is 12.3. The molecule has 0 aliphatic heterocycles. The molecule has 0 radical (unpaired) electrons. The minimum atomic E-state index is 0.454. The first-order valence-electron chi connectivity index (χ1n) is 7.97. The lowest BCUT2D eigenvalue weighted by Gasteiger charge is -2.32. The topological polar surface area (TPSA) is 17.8 Å². The Kier molecular flexibility index (Phi) is 4.75. The number of fused-ring (bicyclic) bond motifs is 1. The fourth-order valence-corrected chi connectivity index (χ4v) is 4.19. The van der Waals surface area contributed by atoms with Crippen LogP contribution in [0.5, 0.6) is 0 Å². The summed E-state index contributed by atoms with van der Waals surface area (Å²) in [6, 6.07) is 6.49. The minimum absolute atomic E-state index is 0.454. The number of benzene rings is 1. The fraction of sp³-hybridized carbons (Fsp3) is 0.588. The summed E-state index contributed by atoms with van der Waals surface area (Å²) in [5, 5.41) is 0.735. The maximum Gasteiger partial charge on any atom is 0.125 e. The van der Waals surface area contributed by atoms with Crippen LogP contribution in [0.1, 0.15) is 57.3 Å². The van der Waals surface area contributed by atoms with Crippen molar-refractivity contribution in [2.24, 2.45) is 5.92 Å². The number of rotatable bonds is 4. The molecular formula is C17H22Cl2N2. The normalized spacial score (nSPS) is 18.2. The van der Waals surface area contributed by atoms with Gasteiger partial charge in [-0.05, 0) is 43.4 Å². The summed E-state index contributed by atoms with van der Waals surface area (Å²) in [7, 11) is 0. The lowest BCUT2D eigenvalue weighted by atomic mass is 9.82. The van der Waals surface area contributed by atoms with Crippen LogP contribution in [-0.4, -0.2) is 9.55 Å². The summed E-state index contributed by atoms with van der Waals surface area (Å²) in [4.78, 5) is 4.70. The second-order valence-electron chi connectivity index (χ2n) is 6.04. The van der Waals surface area contributed by atoms with Gasteiger partial charge in [-0.15, -0.1) is 11.6 Å². The van der Waals surface area contributed by atoms with Crippen molar-refractivity contribution in [1.82, 2.24) is 9.55 Å². The monoisotopic (exact) mass is 324 g/mol. The highest BCUT2D eigenvalue weighted by Crippen LogP contribution is 2.38. The van der Waals surface area contributed by atoms with Crippen molar-refractivity contribution >= 4 is 34.2 Å². The van der Waals surface area contributed by atoms with Crippen LogP contribution in [0.15, 0.2) is 18.2 Å². The first-order chi connectivity index (χ1) is 10.2. The summed E-state index contributed by atoms with van der Waals surface area (Å²) < 4.78 is 2.38. The van der Waals surface area contributed by atoms with E-state index < -0.39 is 0 Å². The van der Waals surface area contributed by atoms with Gasteiger partial charge >= 0.3 is 0 Å². The van der Waals surface area contributed by atoms with Gasteiger partial charge in [0.2, 0.25) is 0 Å². The predicted octanol–water partition coefficient (Wildman–Crippen LogP) is 5.96. The lowest BCUT2D eigenvalue weighted by molar-refractivity contribution is 0.244.